The van der Waals surface area contributed by atoms with Gasteiger partial charge in [0.15, 0.2) is 0 Å². The zero-order chi connectivity index (χ0) is 12.3. The second-order valence-electron chi connectivity index (χ2n) is 3.68. The van der Waals surface area contributed by atoms with E-state index in [2.05, 4.69) is 0 Å². The first-order chi connectivity index (χ1) is 8.20. The third-order valence-corrected chi connectivity index (χ3v) is 3.63. The van der Waals surface area contributed by atoms with E-state index in [0.717, 1.165) is 10.5 Å². The molecule has 0 aliphatic rings. The Labute approximate surface area is 104 Å². The molecule has 1 nitrogen and oxygen atoms in total. The molecule has 0 spiro atoms. The number of carbonyl (C=O) groups excluding carboxylic acids is 1. The monoisotopic (exact) mass is 246 g/mol. The van der Waals surface area contributed by atoms with Crippen LogP contribution in [0.5, 0.6) is 0 Å². The highest BCUT2D eigenvalue weighted by molar-refractivity contribution is 7.99. The third-order valence-electron chi connectivity index (χ3n) is 2.41. The molecule has 0 bridgehead atoms. The van der Waals surface area contributed by atoms with Gasteiger partial charge in [0, 0.05) is 15.4 Å². The summed E-state index contributed by atoms with van der Waals surface area (Å²) in [6, 6.07) is 12.3. The Bertz CT molecular complexity index is 552. The van der Waals surface area contributed by atoms with Crippen LogP contribution in [0.25, 0.3) is 0 Å². The Hall–Kier alpha value is -1.61. The van der Waals surface area contributed by atoms with Crippen molar-refractivity contribution in [3.05, 3.63) is 59.4 Å². The summed E-state index contributed by atoms with van der Waals surface area (Å²) in [5.74, 6) is -0.358. The van der Waals surface area contributed by atoms with Gasteiger partial charge in [-0.05, 0) is 30.7 Å². The number of aryl methyl sites for hydroxylation is 1. The van der Waals surface area contributed by atoms with Crippen molar-refractivity contribution in [2.45, 2.75) is 16.7 Å². The zero-order valence-electron chi connectivity index (χ0n) is 9.31. The smallest absolute Gasteiger partial charge is 0.150 e. The van der Waals surface area contributed by atoms with Gasteiger partial charge in [-0.15, -0.1) is 0 Å². The van der Waals surface area contributed by atoms with E-state index in [1.165, 1.54) is 17.8 Å². The van der Waals surface area contributed by atoms with Gasteiger partial charge in [0.05, 0.1) is 0 Å². The Kier molecular flexibility index (Phi) is 3.59. The molecule has 3 heteroatoms. The Balaban J connectivity index is 2.31. The summed E-state index contributed by atoms with van der Waals surface area (Å²) in [6.07, 6.45) is 0.644. The molecule has 0 amide bonds. The van der Waals surface area contributed by atoms with Gasteiger partial charge in [-0.2, -0.15) is 0 Å². The first-order valence-electron chi connectivity index (χ1n) is 5.19. The van der Waals surface area contributed by atoms with Gasteiger partial charge in [0.1, 0.15) is 12.1 Å². The number of carbonyl (C=O) groups is 1. The maximum absolute atomic E-state index is 13.7. The zero-order valence-corrected chi connectivity index (χ0v) is 10.1. The van der Waals surface area contributed by atoms with Gasteiger partial charge in [-0.3, -0.25) is 4.79 Å². The van der Waals surface area contributed by atoms with Crippen molar-refractivity contribution in [1.82, 2.24) is 0 Å². The summed E-state index contributed by atoms with van der Waals surface area (Å²) in [6.45, 7) is 1.99. The van der Waals surface area contributed by atoms with E-state index in [4.69, 9.17) is 0 Å². The molecular formula is C14H11FOS. The molecule has 0 aromatic heterocycles. The van der Waals surface area contributed by atoms with E-state index in [0.29, 0.717) is 16.7 Å². The lowest BCUT2D eigenvalue weighted by atomic mass is 10.2. The molecule has 0 aliphatic heterocycles. The molecule has 0 heterocycles. The van der Waals surface area contributed by atoms with Crippen LogP contribution in [0.3, 0.4) is 0 Å². The summed E-state index contributed by atoms with van der Waals surface area (Å²) in [7, 11) is 0. The van der Waals surface area contributed by atoms with Crippen LogP contribution in [0, 0.1) is 12.7 Å². The third kappa shape index (κ3) is 2.74. The summed E-state index contributed by atoms with van der Waals surface area (Å²) in [5, 5.41) is 0. The normalized spacial score (nSPS) is 10.2. The minimum absolute atomic E-state index is 0.358. The molecule has 0 saturated carbocycles. The minimum atomic E-state index is -0.358. The lowest BCUT2D eigenvalue weighted by Gasteiger charge is -2.06. The number of aldehydes is 1. The fraction of sp³-hybridized carbons (Fsp3) is 0.0714. The molecule has 2 aromatic carbocycles. The number of halogens is 1. The van der Waals surface area contributed by atoms with E-state index >= 15 is 0 Å². The van der Waals surface area contributed by atoms with Crippen LogP contribution < -0.4 is 0 Å². The molecule has 0 atom stereocenters. The van der Waals surface area contributed by atoms with Crippen molar-refractivity contribution >= 4 is 18.0 Å². The molecule has 0 saturated heterocycles. The SMILES string of the molecule is Cc1ccccc1Sc1ccc(C=O)cc1F. The van der Waals surface area contributed by atoms with Gasteiger partial charge in [-0.1, -0.05) is 36.0 Å². The van der Waals surface area contributed by atoms with Crippen molar-refractivity contribution in [2.24, 2.45) is 0 Å². The topological polar surface area (TPSA) is 17.1 Å². The average molecular weight is 246 g/mol. The lowest BCUT2D eigenvalue weighted by molar-refractivity contribution is 0.112. The maximum atomic E-state index is 13.7. The highest BCUT2D eigenvalue weighted by Crippen LogP contribution is 2.31. The van der Waals surface area contributed by atoms with Crippen LogP contribution in [0.4, 0.5) is 4.39 Å². The Morgan fingerprint density at radius 3 is 2.53 bits per heavy atom. The predicted octanol–water partition coefficient (Wildman–Crippen LogP) is 4.10. The molecule has 0 aliphatic carbocycles. The molecule has 0 unspecified atom stereocenters. The molecule has 2 aromatic rings. The van der Waals surface area contributed by atoms with Crippen molar-refractivity contribution in [3.63, 3.8) is 0 Å². The fourth-order valence-corrected chi connectivity index (χ4v) is 2.37. The van der Waals surface area contributed by atoms with Crippen LogP contribution in [-0.2, 0) is 0 Å². The summed E-state index contributed by atoms with van der Waals surface area (Å²) in [5.41, 5.74) is 1.47. The van der Waals surface area contributed by atoms with Gasteiger partial charge in [0.25, 0.3) is 0 Å². The van der Waals surface area contributed by atoms with E-state index in [-0.39, 0.29) is 5.82 Å². The summed E-state index contributed by atoms with van der Waals surface area (Å²) < 4.78 is 13.7. The highest BCUT2D eigenvalue weighted by atomic mass is 32.2. The summed E-state index contributed by atoms with van der Waals surface area (Å²) in [4.78, 5) is 12.1. The molecular weight excluding hydrogens is 235 g/mol. The molecule has 0 N–H and O–H groups in total. The number of hydrogen-bond donors (Lipinski definition) is 0. The van der Waals surface area contributed by atoms with Crippen molar-refractivity contribution in [3.8, 4) is 0 Å². The molecule has 2 rings (SSSR count). The second-order valence-corrected chi connectivity index (χ2v) is 4.76. The van der Waals surface area contributed by atoms with Gasteiger partial charge >= 0.3 is 0 Å². The van der Waals surface area contributed by atoms with Gasteiger partial charge in [0.2, 0.25) is 0 Å². The van der Waals surface area contributed by atoms with Gasteiger partial charge < -0.3 is 0 Å². The van der Waals surface area contributed by atoms with E-state index in [9.17, 15) is 9.18 Å². The molecule has 17 heavy (non-hydrogen) atoms. The average Bonchev–Trinajstić information content (AvgIpc) is 2.34. The van der Waals surface area contributed by atoms with Crippen LogP contribution in [0.15, 0.2) is 52.3 Å². The van der Waals surface area contributed by atoms with Crippen molar-refractivity contribution < 1.29 is 9.18 Å². The largest absolute Gasteiger partial charge is 0.298 e. The lowest BCUT2D eigenvalue weighted by Crippen LogP contribution is -1.86. The predicted molar refractivity (Wildman–Crippen MR) is 67.1 cm³/mol. The molecule has 0 fully saturated rings. The number of benzene rings is 2. The minimum Gasteiger partial charge on any atom is -0.298 e. The standard InChI is InChI=1S/C14H11FOS/c1-10-4-2-3-5-13(10)17-14-7-6-11(9-16)8-12(14)15/h2-9H,1H3. The Morgan fingerprint density at radius 2 is 1.88 bits per heavy atom. The first kappa shape index (κ1) is 11.9. The maximum Gasteiger partial charge on any atom is 0.150 e. The van der Waals surface area contributed by atoms with E-state index < -0.39 is 0 Å². The molecule has 0 radical (unpaired) electrons. The van der Waals surface area contributed by atoms with Crippen LogP contribution in [0.1, 0.15) is 15.9 Å². The van der Waals surface area contributed by atoms with E-state index in [1.807, 2.05) is 31.2 Å². The number of hydrogen-bond acceptors (Lipinski definition) is 2. The van der Waals surface area contributed by atoms with Gasteiger partial charge in [-0.25, -0.2) is 4.39 Å². The molecule has 86 valence electrons. The first-order valence-corrected chi connectivity index (χ1v) is 6.00. The van der Waals surface area contributed by atoms with Crippen LogP contribution in [0.2, 0.25) is 0 Å². The second kappa shape index (κ2) is 5.15. The van der Waals surface area contributed by atoms with Crippen LogP contribution in [-0.4, -0.2) is 6.29 Å². The van der Waals surface area contributed by atoms with Crippen molar-refractivity contribution in [1.29, 1.82) is 0 Å². The van der Waals surface area contributed by atoms with Crippen LogP contribution >= 0.6 is 11.8 Å². The van der Waals surface area contributed by atoms with Crippen molar-refractivity contribution in [2.75, 3.05) is 0 Å². The number of rotatable bonds is 3. The quantitative estimate of drug-likeness (QED) is 0.758. The fourth-order valence-electron chi connectivity index (χ4n) is 1.46. The Morgan fingerprint density at radius 1 is 1.12 bits per heavy atom. The summed E-state index contributed by atoms with van der Waals surface area (Å²) >= 11 is 1.37. The highest BCUT2D eigenvalue weighted by Gasteiger charge is 2.06. The van der Waals surface area contributed by atoms with E-state index in [1.54, 1.807) is 12.1 Å².